The number of anilines is 2. The molecule has 1 saturated heterocycles. The molecular formula is C29H27FN2O4. The van der Waals surface area contributed by atoms with Crippen LogP contribution in [-0.2, 0) is 19.8 Å². The zero-order valence-electron chi connectivity index (χ0n) is 20.5. The van der Waals surface area contributed by atoms with E-state index >= 15 is 0 Å². The molecule has 1 aliphatic heterocycles. The van der Waals surface area contributed by atoms with Gasteiger partial charge in [0.05, 0.1) is 11.6 Å². The maximum absolute atomic E-state index is 13.5. The lowest BCUT2D eigenvalue weighted by Crippen LogP contribution is -2.29. The summed E-state index contributed by atoms with van der Waals surface area (Å²) in [7, 11) is 0. The van der Waals surface area contributed by atoms with E-state index in [4.69, 9.17) is 0 Å². The first-order chi connectivity index (χ1) is 17.0. The van der Waals surface area contributed by atoms with Crippen LogP contribution in [0.3, 0.4) is 0 Å². The largest absolute Gasteiger partial charge is 0.507 e. The van der Waals surface area contributed by atoms with Gasteiger partial charge in [-0.25, -0.2) is 4.39 Å². The fourth-order valence-electron chi connectivity index (χ4n) is 4.28. The Labute approximate surface area is 209 Å². The fourth-order valence-corrected chi connectivity index (χ4v) is 4.28. The molecular weight excluding hydrogens is 459 g/mol. The maximum Gasteiger partial charge on any atom is 0.300 e. The topological polar surface area (TPSA) is 86.7 Å². The molecule has 184 valence electrons. The number of rotatable bonds is 4. The van der Waals surface area contributed by atoms with Crippen LogP contribution in [-0.4, -0.2) is 22.7 Å². The molecule has 6 nitrogen and oxygen atoms in total. The third-order valence-corrected chi connectivity index (χ3v) is 6.10. The van der Waals surface area contributed by atoms with E-state index in [0.717, 1.165) is 5.56 Å². The van der Waals surface area contributed by atoms with Crippen LogP contribution in [0, 0.1) is 5.82 Å². The second kappa shape index (κ2) is 9.41. The Bertz CT molecular complexity index is 1370. The lowest BCUT2D eigenvalue weighted by molar-refractivity contribution is -0.132. The summed E-state index contributed by atoms with van der Waals surface area (Å²) in [6.45, 7) is 7.61. The van der Waals surface area contributed by atoms with Crippen LogP contribution in [0.15, 0.2) is 78.4 Å². The van der Waals surface area contributed by atoms with Gasteiger partial charge in [0.1, 0.15) is 11.6 Å². The summed E-state index contributed by atoms with van der Waals surface area (Å²) in [5, 5.41) is 13.8. The standard InChI is InChI=1S/C29H27FN2O4/c1-17(33)31-22-6-5-7-23(16-22)32-25(18-8-12-20(13-9-18)29(2,3)4)24(27(35)28(32)36)26(34)19-10-14-21(30)15-11-19/h5-16,25,34H,1-4H3,(H,31,33)/b26-24+. The minimum atomic E-state index is -0.934. The molecule has 0 spiro atoms. The number of aliphatic hydroxyl groups is 1. The van der Waals surface area contributed by atoms with Crippen LogP contribution in [0.1, 0.15) is 50.4 Å². The number of carbonyl (C=O) groups excluding carboxylic acids is 3. The van der Waals surface area contributed by atoms with Gasteiger partial charge >= 0.3 is 0 Å². The quantitative estimate of drug-likeness (QED) is 0.281. The van der Waals surface area contributed by atoms with Gasteiger partial charge in [0.15, 0.2) is 0 Å². The SMILES string of the molecule is CC(=O)Nc1cccc(N2C(=O)C(=O)/C(=C(/O)c3ccc(F)cc3)C2c2ccc(C(C)(C)C)cc2)c1. The van der Waals surface area contributed by atoms with Crippen molar-refractivity contribution < 1.29 is 23.9 Å². The van der Waals surface area contributed by atoms with E-state index in [1.54, 1.807) is 24.3 Å². The zero-order chi connectivity index (χ0) is 26.2. The van der Waals surface area contributed by atoms with Crippen molar-refractivity contribution in [3.8, 4) is 0 Å². The van der Waals surface area contributed by atoms with Gasteiger partial charge < -0.3 is 10.4 Å². The van der Waals surface area contributed by atoms with E-state index < -0.39 is 29.3 Å². The van der Waals surface area contributed by atoms with Crippen molar-refractivity contribution in [3.05, 3.63) is 101 Å². The zero-order valence-corrected chi connectivity index (χ0v) is 20.5. The monoisotopic (exact) mass is 486 g/mol. The lowest BCUT2D eigenvalue weighted by Gasteiger charge is -2.27. The van der Waals surface area contributed by atoms with Gasteiger partial charge in [-0.3, -0.25) is 19.3 Å². The van der Waals surface area contributed by atoms with Gasteiger partial charge in [0.2, 0.25) is 5.91 Å². The number of ketones is 1. The lowest BCUT2D eigenvalue weighted by atomic mass is 9.85. The first kappa shape index (κ1) is 24.9. The highest BCUT2D eigenvalue weighted by molar-refractivity contribution is 6.51. The molecule has 0 aliphatic carbocycles. The average molecular weight is 487 g/mol. The number of carbonyl (C=O) groups is 3. The Hall–Kier alpha value is -4.26. The van der Waals surface area contributed by atoms with Crippen LogP contribution >= 0.6 is 0 Å². The van der Waals surface area contributed by atoms with Crippen molar-refractivity contribution in [1.82, 2.24) is 0 Å². The molecule has 0 saturated carbocycles. The minimum Gasteiger partial charge on any atom is -0.507 e. The van der Waals surface area contributed by atoms with Gasteiger partial charge in [-0.2, -0.15) is 0 Å². The van der Waals surface area contributed by atoms with Gasteiger partial charge in [-0.1, -0.05) is 51.1 Å². The van der Waals surface area contributed by atoms with E-state index in [9.17, 15) is 23.9 Å². The number of aliphatic hydroxyl groups excluding tert-OH is 1. The number of Topliss-reactive ketones (excluding diaryl/α,β-unsaturated/α-hetero) is 1. The predicted octanol–water partition coefficient (Wildman–Crippen LogP) is 5.71. The average Bonchev–Trinajstić information content (AvgIpc) is 3.09. The van der Waals surface area contributed by atoms with Crippen molar-refractivity contribution in [2.45, 2.75) is 39.2 Å². The highest BCUT2D eigenvalue weighted by Gasteiger charge is 2.47. The smallest absolute Gasteiger partial charge is 0.300 e. The van der Waals surface area contributed by atoms with Crippen LogP contribution in [0.25, 0.3) is 5.76 Å². The van der Waals surface area contributed by atoms with Crippen molar-refractivity contribution in [2.75, 3.05) is 10.2 Å². The predicted molar refractivity (Wildman–Crippen MR) is 137 cm³/mol. The van der Waals surface area contributed by atoms with E-state index in [0.29, 0.717) is 16.9 Å². The molecule has 1 heterocycles. The van der Waals surface area contributed by atoms with Crippen molar-refractivity contribution in [2.24, 2.45) is 0 Å². The summed E-state index contributed by atoms with van der Waals surface area (Å²) in [6.07, 6.45) is 0. The van der Waals surface area contributed by atoms with Crippen molar-refractivity contribution >= 4 is 34.7 Å². The Morgan fingerprint density at radius 1 is 0.972 bits per heavy atom. The molecule has 2 amide bonds. The first-order valence-electron chi connectivity index (χ1n) is 11.5. The molecule has 0 bridgehead atoms. The second-order valence-corrected chi connectivity index (χ2v) is 9.78. The molecule has 3 aromatic rings. The third-order valence-electron chi connectivity index (χ3n) is 6.10. The summed E-state index contributed by atoms with van der Waals surface area (Å²) in [6, 6.07) is 18.3. The van der Waals surface area contributed by atoms with Crippen molar-refractivity contribution in [3.63, 3.8) is 0 Å². The van der Waals surface area contributed by atoms with Crippen LogP contribution in [0.2, 0.25) is 0 Å². The normalized spacial score (nSPS) is 17.4. The van der Waals surface area contributed by atoms with Gasteiger partial charge in [-0.05, 0) is 59.0 Å². The molecule has 7 heteroatoms. The molecule has 3 aromatic carbocycles. The molecule has 0 radical (unpaired) electrons. The summed E-state index contributed by atoms with van der Waals surface area (Å²) in [5.74, 6) is -2.83. The molecule has 2 N–H and O–H groups in total. The highest BCUT2D eigenvalue weighted by atomic mass is 19.1. The number of nitrogens with one attached hydrogen (secondary N) is 1. The number of halogens is 1. The number of hydrogen-bond acceptors (Lipinski definition) is 4. The molecule has 1 fully saturated rings. The van der Waals surface area contributed by atoms with Crippen molar-refractivity contribution in [1.29, 1.82) is 0 Å². The maximum atomic E-state index is 13.5. The number of nitrogens with zero attached hydrogens (tertiary/aromatic N) is 1. The van der Waals surface area contributed by atoms with E-state index in [1.807, 2.05) is 24.3 Å². The Morgan fingerprint density at radius 2 is 1.61 bits per heavy atom. The van der Waals surface area contributed by atoms with Gasteiger partial charge in [0.25, 0.3) is 11.7 Å². The second-order valence-electron chi connectivity index (χ2n) is 9.78. The molecule has 1 atom stereocenters. The van der Waals surface area contributed by atoms with Crippen LogP contribution < -0.4 is 10.2 Å². The van der Waals surface area contributed by atoms with E-state index in [2.05, 4.69) is 26.1 Å². The summed E-state index contributed by atoms with van der Waals surface area (Å²) < 4.78 is 13.5. The minimum absolute atomic E-state index is 0.0972. The Kier molecular flexibility index (Phi) is 6.50. The van der Waals surface area contributed by atoms with Gasteiger partial charge in [-0.15, -0.1) is 0 Å². The van der Waals surface area contributed by atoms with E-state index in [1.165, 1.54) is 36.1 Å². The molecule has 0 aromatic heterocycles. The summed E-state index contributed by atoms with van der Waals surface area (Å²) >= 11 is 0. The number of amides is 2. The van der Waals surface area contributed by atoms with E-state index in [-0.39, 0.29) is 22.5 Å². The van der Waals surface area contributed by atoms with Crippen LogP contribution in [0.4, 0.5) is 15.8 Å². The molecule has 4 rings (SSSR count). The summed E-state index contributed by atoms with van der Waals surface area (Å²) in [5.41, 5.74) is 2.54. The Balaban J connectivity index is 1.91. The molecule has 1 unspecified atom stereocenters. The Morgan fingerprint density at radius 3 is 2.19 bits per heavy atom. The summed E-state index contributed by atoms with van der Waals surface area (Å²) in [4.78, 5) is 39.5. The third kappa shape index (κ3) is 4.77. The highest BCUT2D eigenvalue weighted by Crippen LogP contribution is 2.43. The number of hydrogen-bond donors (Lipinski definition) is 2. The van der Waals surface area contributed by atoms with Gasteiger partial charge in [0, 0.05) is 23.9 Å². The van der Waals surface area contributed by atoms with Crippen LogP contribution in [0.5, 0.6) is 0 Å². The first-order valence-corrected chi connectivity index (χ1v) is 11.5. The number of benzene rings is 3. The molecule has 1 aliphatic rings. The molecule has 36 heavy (non-hydrogen) atoms. The fraction of sp³-hybridized carbons (Fsp3) is 0.207.